The highest BCUT2D eigenvalue weighted by molar-refractivity contribution is 5.55. The minimum absolute atomic E-state index is 0.344. The number of nitrogens with one attached hydrogen (secondary N) is 1. The lowest BCUT2D eigenvalue weighted by atomic mass is 10.1. The first-order chi connectivity index (χ1) is 5.86. The van der Waals surface area contributed by atoms with Gasteiger partial charge in [0.15, 0.2) is 0 Å². The monoisotopic (exact) mass is 165 g/mol. The summed E-state index contributed by atoms with van der Waals surface area (Å²) in [5.41, 5.74) is 0.930. The van der Waals surface area contributed by atoms with E-state index in [9.17, 15) is 0 Å². The van der Waals surface area contributed by atoms with Crippen molar-refractivity contribution in [1.82, 2.24) is 10.5 Å². The average molecular weight is 165 g/mol. The van der Waals surface area contributed by atoms with Crippen molar-refractivity contribution in [2.75, 3.05) is 13.1 Å². The van der Waals surface area contributed by atoms with Crippen LogP contribution in [0, 0.1) is 6.92 Å². The molecule has 1 unspecified atom stereocenters. The Morgan fingerprint density at radius 3 is 3.17 bits per heavy atom. The maximum Gasteiger partial charge on any atom is 0.143 e. The van der Waals surface area contributed by atoms with E-state index in [2.05, 4.69) is 15.5 Å². The molecule has 0 fully saturated rings. The summed E-state index contributed by atoms with van der Waals surface area (Å²) in [5.74, 6) is 1.27. The SMILES string of the molecule is Cc1cc(C2CN=CNC2)on1. The lowest BCUT2D eigenvalue weighted by molar-refractivity contribution is 0.355. The third-order valence-corrected chi connectivity index (χ3v) is 1.92. The van der Waals surface area contributed by atoms with Gasteiger partial charge in [-0.3, -0.25) is 4.99 Å². The topological polar surface area (TPSA) is 50.4 Å². The van der Waals surface area contributed by atoms with Crippen LogP contribution >= 0.6 is 0 Å². The first-order valence-electron chi connectivity index (χ1n) is 4.01. The van der Waals surface area contributed by atoms with Gasteiger partial charge in [-0.15, -0.1) is 0 Å². The molecule has 1 aliphatic heterocycles. The van der Waals surface area contributed by atoms with Crippen LogP contribution in [0.4, 0.5) is 0 Å². The Kier molecular flexibility index (Phi) is 1.81. The molecule has 0 saturated heterocycles. The van der Waals surface area contributed by atoms with E-state index in [1.54, 1.807) is 6.34 Å². The van der Waals surface area contributed by atoms with Crippen LogP contribution in [0.2, 0.25) is 0 Å². The summed E-state index contributed by atoms with van der Waals surface area (Å²) < 4.78 is 5.14. The van der Waals surface area contributed by atoms with E-state index in [0.717, 1.165) is 24.5 Å². The van der Waals surface area contributed by atoms with Crippen molar-refractivity contribution in [3.63, 3.8) is 0 Å². The molecule has 64 valence electrons. The Labute approximate surface area is 70.7 Å². The van der Waals surface area contributed by atoms with Crippen LogP contribution < -0.4 is 5.32 Å². The van der Waals surface area contributed by atoms with Gasteiger partial charge < -0.3 is 9.84 Å². The lowest BCUT2D eigenvalue weighted by Crippen LogP contribution is -2.26. The summed E-state index contributed by atoms with van der Waals surface area (Å²) in [6.07, 6.45) is 1.74. The van der Waals surface area contributed by atoms with Crippen LogP contribution in [0.15, 0.2) is 15.6 Å². The number of aliphatic imine (C=N–C) groups is 1. The Morgan fingerprint density at radius 2 is 2.58 bits per heavy atom. The number of hydrogen-bond donors (Lipinski definition) is 1. The fourth-order valence-corrected chi connectivity index (χ4v) is 1.27. The molecule has 0 spiro atoms. The van der Waals surface area contributed by atoms with E-state index < -0.39 is 0 Å². The second kappa shape index (κ2) is 2.97. The highest BCUT2D eigenvalue weighted by Gasteiger charge is 2.16. The molecular weight excluding hydrogens is 154 g/mol. The van der Waals surface area contributed by atoms with Gasteiger partial charge in [-0.25, -0.2) is 0 Å². The van der Waals surface area contributed by atoms with Crippen LogP contribution in [0.1, 0.15) is 17.4 Å². The van der Waals surface area contributed by atoms with Gasteiger partial charge in [0.1, 0.15) is 5.76 Å². The Bertz CT molecular complexity index is 292. The van der Waals surface area contributed by atoms with E-state index in [4.69, 9.17) is 4.52 Å². The number of aromatic nitrogens is 1. The fourth-order valence-electron chi connectivity index (χ4n) is 1.27. The molecular formula is C8H11N3O. The van der Waals surface area contributed by atoms with Crippen molar-refractivity contribution in [2.24, 2.45) is 4.99 Å². The van der Waals surface area contributed by atoms with E-state index >= 15 is 0 Å². The number of rotatable bonds is 1. The molecule has 1 aromatic rings. The summed E-state index contributed by atoms with van der Waals surface area (Å²) in [6, 6.07) is 1.97. The van der Waals surface area contributed by atoms with Crippen LogP contribution in [0.3, 0.4) is 0 Å². The first-order valence-corrected chi connectivity index (χ1v) is 4.01. The summed E-state index contributed by atoms with van der Waals surface area (Å²) in [6.45, 7) is 3.60. The van der Waals surface area contributed by atoms with Gasteiger partial charge >= 0.3 is 0 Å². The predicted octanol–water partition coefficient (Wildman–Crippen LogP) is 0.698. The van der Waals surface area contributed by atoms with Crippen LogP contribution in [0.5, 0.6) is 0 Å². The molecule has 4 nitrogen and oxygen atoms in total. The lowest BCUT2D eigenvalue weighted by Gasteiger charge is -2.14. The summed E-state index contributed by atoms with van der Waals surface area (Å²) in [7, 11) is 0. The molecule has 0 aromatic carbocycles. The molecule has 2 rings (SSSR count). The smallest absolute Gasteiger partial charge is 0.143 e. The van der Waals surface area contributed by atoms with Crippen molar-refractivity contribution in [1.29, 1.82) is 0 Å². The zero-order chi connectivity index (χ0) is 8.39. The Balaban J connectivity index is 2.14. The van der Waals surface area contributed by atoms with Gasteiger partial charge in [0.25, 0.3) is 0 Å². The summed E-state index contributed by atoms with van der Waals surface area (Å²) >= 11 is 0. The maximum atomic E-state index is 5.14. The molecule has 1 aliphatic rings. The zero-order valence-corrected chi connectivity index (χ0v) is 6.95. The van der Waals surface area contributed by atoms with E-state index in [0.29, 0.717) is 5.92 Å². The molecule has 1 N–H and O–H groups in total. The standard InChI is InChI=1S/C8H11N3O/c1-6-2-8(12-11-6)7-3-9-5-10-4-7/h2,5,7H,3-4H2,1H3,(H,9,10). The Morgan fingerprint density at radius 1 is 1.67 bits per heavy atom. The van der Waals surface area contributed by atoms with Crippen molar-refractivity contribution < 1.29 is 4.52 Å². The number of aryl methyl sites for hydroxylation is 1. The number of hydrogen-bond acceptors (Lipinski definition) is 4. The van der Waals surface area contributed by atoms with E-state index in [1.165, 1.54) is 0 Å². The third kappa shape index (κ3) is 1.32. The van der Waals surface area contributed by atoms with Gasteiger partial charge in [-0.2, -0.15) is 0 Å². The highest BCUT2D eigenvalue weighted by Crippen LogP contribution is 2.17. The fraction of sp³-hybridized carbons (Fsp3) is 0.500. The molecule has 1 aromatic heterocycles. The molecule has 12 heavy (non-hydrogen) atoms. The second-order valence-corrected chi connectivity index (χ2v) is 2.97. The maximum absolute atomic E-state index is 5.14. The van der Waals surface area contributed by atoms with Gasteiger partial charge in [0.2, 0.25) is 0 Å². The molecule has 0 aliphatic carbocycles. The molecule has 4 heteroatoms. The molecule has 1 atom stereocenters. The van der Waals surface area contributed by atoms with Crippen LogP contribution in [0.25, 0.3) is 0 Å². The minimum atomic E-state index is 0.344. The third-order valence-electron chi connectivity index (χ3n) is 1.92. The molecule has 0 saturated carbocycles. The van der Waals surface area contributed by atoms with Crippen molar-refractivity contribution in [3.8, 4) is 0 Å². The van der Waals surface area contributed by atoms with Crippen LogP contribution in [-0.4, -0.2) is 24.6 Å². The van der Waals surface area contributed by atoms with Crippen molar-refractivity contribution >= 4 is 6.34 Å². The summed E-state index contributed by atoms with van der Waals surface area (Å²) in [5, 5.41) is 6.90. The Hall–Kier alpha value is -1.32. The number of nitrogens with zero attached hydrogens (tertiary/aromatic N) is 2. The predicted molar refractivity (Wildman–Crippen MR) is 45.3 cm³/mol. The van der Waals surface area contributed by atoms with E-state index in [1.807, 2.05) is 13.0 Å². The molecule has 0 amide bonds. The van der Waals surface area contributed by atoms with Crippen molar-refractivity contribution in [3.05, 3.63) is 17.5 Å². The zero-order valence-electron chi connectivity index (χ0n) is 6.95. The largest absolute Gasteiger partial charge is 0.376 e. The first kappa shape index (κ1) is 7.34. The van der Waals surface area contributed by atoms with Crippen molar-refractivity contribution in [2.45, 2.75) is 12.8 Å². The highest BCUT2D eigenvalue weighted by atomic mass is 16.5. The van der Waals surface area contributed by atoms with Gasteiger partial charge in [-0.05, 0) is 6.92 Å². The van der Waals surface area contributed by atoms with E-state index in [-0.39, 0.29) is 0 Å². The normalized spacial score (nSPS) is 22.2. The average Bonchev–Trinajstić information content (AvgIpc) is 2.54. The summed E-state index contributed by atoms with van der Waals surface area (Å²) in [4.78, 5) is 4.12. The molecule has 2 heterocycles. The second-order valence-electron chi connectivity index (χ2n) is 2.97. The van der Waals surface area contributed by atoms with Gasteiger partial charge in [0, 0.05) is 12.6 Å². The van der Waals surface area contributed by atoms with Gasteiger partial charge in [0.05, 0.1) is 24.5 Å². The van der Waals surface area contributed by atoms with Gasteiger partial charge in [-0.1, -0.05) is 5.16 Å². The minimum Gasteiger partial charge on any atom is -0.376 e. The molecule has 0 radical (unpaired) electrons. The molecule has 0 bridgehead atoms. The van der Waals surface area contributed by atoms with Crippen LogP contribution in [-0.2, 0) is 0 Å². The quantitative estimate of drug-likeness (QED) is 0.666.